The van der Waals surface area contributed by atoms with E-state index in [1.165, 1.54) is 52.7 Å². The van der Waals surface area contributed by atoms with Gasteiger partial charge in [-0.2, -0.15) is 96.6 Å². The fraction of sp³-hybridized carbons (Fsp3) is 0.558. The second-order valence-electron chi connectivity index (χ2n) is 17.0. The van der Waals surface area contributed by atoms with Crippen LogP contribution in [0.5, 0.6) is 0 Å². The summed E-state index contributed by atoms with van der Waals surface area (Å²) < 4.78 is 420. The Morgan fingerprint density at radius 3 is 0.840 bits per heavy atom. The van der Waals surface area contributed by atoms with E-state index in [-0.39, 0.29) is 16.9 Å². The Kier molecular flexibility index (Phi) is 45.1. The summed E-state index contributed by atoms with van der Waals surface area (Å²) in [5.41, 5.74) is -34.2. The summed E-state index contributed by atoms with van der Waals surface area (Å²) in [6.45, 7) is 21.3. The number of nitrogens with one attached hydrogen (secondary N) is 6. The fourth-order valence-corrected chi connectivity index (χ4v) is 6.89. The van der Waals surface area contributed by atoms with Crippen molar-refractivity contribution in [3.63, 3.8) is 0 Å². The molecular formula is C43H58F22N6O23S6. The SMILES string of the molecule is C=C(C(=O)OCCNS(=O)(=O)C(F)(F)F)C(F)(F)F.C=C(C)C(=O)OC(C)CNS(=O)(=O)C(F)(F)F.C=C(C)C(=O)OCCNS(=O)(=O)C(F)(F)F.C=C(F)C(=O)OC(C)CNS(=O)(=O)C(F)(F)F.C=CC(=C)OC(C)CNS(=O)(=O)C(F)(F)F.C=CC(=O)OCCNS(=O)(=O)C(F)(F)F. The summed E-state index contributed by atoms with van der Waals surface area (Å²) in [4.78, 5) is 53.3. The molecule has 0 aromatic heterocycles. The second kappa shape index (κ2) is 43.3. The van der Waals surface area contributed by atoms with Crippen molar-refractivity contribution in [2.75, 3.05) is 59.1 Å². The van der Waals surface area contributed by atoms with Gasteiger partial charge in [-0.1, -0.05) is 46.1 Å². The molecule has 0 rings (SSSR count). The standard InChI is InChI=1S/C8H12F3NO4S.C8H12F3NO3S.C7H7F6NO4S.C7H9F4NO4S.C7H10F3NO4S.C6H8F3NO4S/c1-5(2)7(13)16-6(3)4-12-17(14,15)8(9,10)11;1-4-6(2)15-7(3)5-12-16(13,14)8(9,10)11;1-4(6(8,9)10)5(15)18-3-2-14-19(16,17)7(11,12)13;1-4(16-6(13)5(2)8)3-12-17(14,15)7(9,10)11;1-5(2)6(12)15-4-3-11-16(13,14)7(8,9)10;1-2-5(11)14-4-3-10-15(12,13)6(7,8)9/h6,12H,1,4H2,2-3H3;4,7,12H,1-2,5H2,3H3;14H,1-3H2;4,12H,2-3H2,1H3;11H,1,3-4H2,2H3;2,10H,1,3-4H2. The maximum atomic E-state index is 12.1. The zero-order chi connectivity index (χ0) is 81.3. The molecule has 0 aromatic rings. The van der Waals surface area contributed by atoms with Gasteiger partial charge in [-0.05, 0) is 40.7 Å². The van der Waals surface area contributed by atoms with Crippen LogP contribution in [-0.4, -0.2) is 197 Å². The molecule has 0 amide bonds. The number of carbonyl (C=O) groups excluding carboxylic acids is 5. The number of halogens is 22. The summed E-state index contributed by atoms with van der Waals surface area (Å²) in [5.74, 6) is -7.10. The van der Waals surface area contributed by atoms with Gasteiger partial charge in [0.1, 0.15) is 49.5 Å². The molecule has 588 valence electrons. The van der Waals surface area contributed by atoms with E-state index >= 15 is 0 Å². The molecule has 3 unspecified atom stereocenters. The highest BCUT2D eigenvalue weighted by Gasteiger charge is 2.50. The number of alkyl halides is 21. The normalized spacial score (nSPS) is 13.4. The van der Waals surface area contributed by atoms with E-state index in [0.29, 0.717) is 0 Å². The van der Waals surface area contributed by atoms with Crippen molar-refractivity contribution in [2.24, 2.45) is 0 Å². The first-order valence-corrected chi connectivity index (χ1v) is 33.3. The highest BCUT2D eigenvalue weighted by molar-refractivity contribution is 7.91. The van der Waals surface area contributed by atoms with E-state index in [1.54, 1.807) is 0 Å². The molecule has 0 aliphatic rings. The molecule has 0 heterocycles. The second-order valence-corrected chi connectivity index (χ2v) is 27.6. The number of hydrogen-bond donors (Lipinski definition) is 6. The molecule has 6 N–H and O–H groups in total. The summed E-state index contributed by atoms with van der Waals surface area (Å²) in [7, 11) is -32.6. The molecule has 57 heteroatoms. The van der Waals surface area contributed by atoms with Crippen LogP contribution < -0.4 is 28.3 Å². The minimum atomic E-state index is -5.63. The number of allylic oxidation sites excluding steroid dienone is 1. The van der Waals surface area contributed by atoms with Gasteiger partial charge in [-0.25, -0.2) is 103 Å². The highest BCUT2D eigenvalue weighted by Crippen LogP contribution is 2.27. The minimum Gasteiger partial charge on any atom is -0.490 e. The molecule has 100 heavy (non-hydrogen) atoms. The van der Waals surface area contributed by atoms with Crippen molar-refractivity contribution in [3.05, 3.63) is 86.5 Å². The average Bonchev–Trinajstić information content (AvgIpc) is 0.877. The van der Waals surface area contributed by atoms with Crippen LogP contribution in [0.2, 0.25) is 0 Å². The third kappa shape index (κ3) is 45.9. The van der Waals surface area contributed by atoms with Gasteiger partial charge < -0.3 is 28.4 Å². The van der Waals surface area contributed by atoms with Crippen molar-refractivity contribution < 1.29 is 199 Å². The van der Waals surface area contributed by atoms with Crippen molar-refractivity contribution in [1.29, 1.82) is 0 Å². The molecule has 0 bridgehead atoms. The lowest BCUT2D eigenvalue weighted by atomic mass is 10.3. The first-order valence-electron chi connectivity index (χ1n) is 24.4. The Hall–Kier alpha value is -6.75. The number of hydrogen-bond acceptors (Lipinski definition) is 23. The highest BCUT2D eigenvalue weighted by atomic mass is 32.2. The van der Waals surface area contributed by atoms with Crippen LogP contribution >= 0.6 is 0 Å². The fourth-order valence-electron chi connectivity index (χ4n) is 3.49. The predicted octanol–water partition coefficient (Wildman–Crippen LogP) is 5.09. The first-order chi connectivity index (χ1) is 44.1. The summed E-state index contributed by atoms with van der Waals surface area (Å²) in [6, 6.07) is 0. The molecule has 0 saturated carbocycles. The zero-order valence-electron chi connectivity index (χ0n) is 50.9. The molecule has 0 aliphatic heterocycles. The van der Waals surface area contributed by atoms with E-state index in [9.17, 15) is 171 Å². The van der Waals surface area contributed by atoms with Gasteiger partial charge in [0, 0.05) is 56.5 Å². The molecule has 0 spiro atoms. The largest absolute Gasteiger partial charge is 0.511 e. The van der Waals surface area contributed by atoms with E-state index in [2.05, 4.69) is 69.7 Å². The molecular weight excluding hydrogens is 1580 g/mol. The predicted molar refractivity (Wildman–Crippen MR) is 297 cm³/mol. The van der Waals surface area contributed by atoms with Crippen LogP contribution in [-0.2, 0) is 113 Å². The molecule has 29 nitrogen and oxygen atoms in total. The lowest BCUT2D eigenvalue weighted by Gasteiger charge is -2.16. The van der Waals surface area contributed by atoms with Crippen LogP contribution in [0.1, 0.15) is 34.6 Å². The van der Waals surface area contributed by atoms with Gasteiger partial charge >= 0.3 is 129 Å². The average molecular weight is 1640 g/mol. The Labute approximate surface area is 553 Å². The monoisotopic (exact) mass is 1640 g/mol. The Morgan fingerprint density at radius 1 is 0.370 bits per heavy atom. The van der Waals surface area contributed by atoms with Gasteiger partial charge in [-0.15, -0.1) is 0 Å². The van der Waals surface area contributed by atoms with Crippen LogP contribution in [0, 0.1) is 0 Å². The maximum Gasteiger partial charge on any atom is 0.511 e. The molecule has 0 aliphatic carbocycles. The van der Waals surface area contributed by atoms with Crippen LogP contribution in [0.15, 0.2) is 86.5 Å². The Bertz CT molecular complexity index is 3430. The van der Waals surface area contributed by atoms with Gasteiger partial charge in [0.15, 0.2) is 0 Å². The summed E-state index contributed by atoms with van der Waals surface area (Å²) >= 11 is 0. The quantitative estimate of drug-likeness (QED) is 0.0100. The third-order valence-corrected chi connectivity index (χ3v) is 15.3. The van der Waals surface area contributed by atoms with E-state index < -0.39 is 218 Å². The van der Waals surface area contributed by atoms with E-state index in [1.807, 2.05) is 0 Å². The Balaban J connectivity index is -0.000000265. The molecule has 0 fully saturated rings. The number of rotatable bonds is 31. The first kappa shape index (κ1) is 104. The van der Waals surface area contributed by atoms with Crippen LogP contribution in [0.3, 0.4) is 0 Å². The molecule has 0 saturated heterocycles. The zero-order valence-corrected chi connectivity index (χ0v) is 55.8. The topological polar surface area (TPSA) is 418 Å². The van der Waals surface area contributed by atoms with Gasteiger partial charge in [0.05, 0.1) is 0 Å². The molecule has 0 radical (unpaired) electrons. The van der Waals surface area contributed by atoms with Crippen molar-refractivity contribution >= 4 is 90.0 Å². The minimum absolute atomic E-state index is 0.0653. The van der Waals surface area contributed by atoms with Crippen molar-refractivity contribution in [3.8, 4) is 0 Å². The van der Waals surface area contributed by atoms with Crippen LogP contribution in [0.4, 0.5) is 96.6 Å². The number of sulfonamides is 6. The van der Waals surface area contributed by atoms with E-state index in [0.717, 1.165) is 22.4 Å². The molecule has 3 atom stereocenters. The number of ether oxygens (including phenoxy) is 6. The summed E-state index contributed by atoms with van der Waals surface area (Å²) in [5, 5.41) is 0. The summed E-state index contributed by atoms with van der Waals surface area (Å²) in [6.07, 6.45) is -6.05. The maximum absolute atomic E-state index is 12.1. The number of esters is 5. The Morgan fingerprint density at radius 2 is 0.610 bits per heavy atom. The smallest absolute Gasteiger partial charge is 0.490 e. The van der Waals surface area contributed by atoms with E-state index in [4.69, 9.17) is 4.74 Å². The third-order valence-electron chi connectivity index (χ3n) is 8.27. The van der Waals surface area contributed by atoms with Crippen molar-refractivity contribution in [1.82, 2.24) is 28.3 Å². The lowest BCUT2D eigenvalue weighted by molar-refractivity contribution is -0.150. The van der Waals surface area contributed by atoms with Crippen LogP contribution in [0.25, 0.3) is 0 Å². The number of carbonyl (C=O) groups is 5. The van der Waals surface area contributed by atoms with Gasteiger partial charge in [0.25, 0.3) is 0 Å². The molecule has 0 aromatic carbocycles. The van der Waals surface area contributed by atoms with Gasteiger partial charge in [-0.3, -0.25) is 0 Å². The lowest BCUT2D eigenvalue weighted by Crippen LogP contribution is -2.40. The van der Waals surface area contributed by atoms with Gasteiger partial charge in [0.2, 0.25) is 5.83 Å². The van der Waals surface area contributed by atoms with Crippen molar-refractivity contribution in [2.45, 2.75) is 92.2 Å².